The van der Waals surface area contributed by atoms with Crippen LogP contribution in [0.25, 0.3) is 10.8 Å². The van der Waals surface area contributed by atoms with Gasteiger partial charge in [-0.2, -0.15) is 0 Å². The van der Waals surface area contributed by atoms with Gasteiger partial charge in [0, 0.05) is 25.2 Å². The molecule has 1 nitrogen and oxygen atoms in total. The summed E-state index contributed by atoms with van der Waals surface area (Å²) in [4.78, 5) is 2.06. The maximum Gasteiger partial charge on any atom is 0.306 e. The predicted molar refractivity (Wildman–Crippen MR) is 96.7 cm³/mol. The normalized spacial score (nSPS) is 13.8. The van der Waals surface area contributed by atoms with E-state index in [0.717, 1.165) is 26.8 Å². The van der Waals surface area contributed by atoms with Crippen molar-refractivity contribution in [2.24, 2.45) is 0 Å². The Bertz CT molecular complexity index is 792. The Morgan fingerprint density at radius 1 is 0.818 bits per heavy atom. The number of anilines is 1. The number of rotatable bonds is 3. The van der Waals surface area contributed by atoms with Gasteiger partial charge in [0.05, 0.1) is 0 Å². The molecular formula is C19H20FNSi. The van der Waals surface area contributed by atoms with Gasteiger partial charge in [-0.05, 0) is 28.4 Å². The molecule has 0 unspecified atom stereocenters. The first-order valence-electron chi connectivity index (χ1n) is 7.46. The lowest BCUT2D eigenvalue weighted by atomic mass is 10.1. The molecule has 0 bridgehead atoms. The van der Waals surface area contributed by atoms with Gasteiger partial charge in [-0.1, -0.05) is 60.7 Å². The van der Waals surface area contributed by atoms with E-state index in [-0.39, 0.29) is 0 Å². The number of hydrogen-bond donors (Lipinski definition) is 0. The number of hydrogen-bond acceptors (Lipinski definition) is 1. The van der Waals surface area contributed by atoms with Gasteiger partial charge in [-0.25, -0.2) is 0 Å². The summed E-state index contributed by atoms with van der Waals surface area (Å²) in [6.45, 7) is 1.78. The van der Waals surface area contributed by atoms with E-state index < -0.39 is 8.41 Å². The SMILES string of the molecule is CN(C)c1cccc2cccc([Si@](C)(F)c3ccccc3)c12. The molecule has 0 saturated carbocycles. The fourth-order valence-electron chi connectivity index (χ4n) is 2.99. The van der Waals surface area contributed by atoms with Crippen LogP contribution < -0.4 is 15.3 Å². The summed E-state index contributed by atoms with van der Waals surface area (Å²) in [5.74, 6) is 0. The lowest BCUT2D eigenvalue weighted by Crippen LogP contribution is -2.52. The molecular weight excluding hydrogens is 289 g/mol. The zero-order chi connectivity index (χ0) is 15.7. The van der Waals surface area contributed by atoms with E-state index in [1.165, 1.54) is 0 Å². The number of halogens is 1. The molecule has 0 spiro atoms. The van der Waals surface area contributed by atoms with Crippen LogP contribution in [-0.2, 0) is 0 Å². The molecule has 3 rings (SSSR count). The highest BCUT2D eigenvalue weighted by molar-refractivity contribution is 6.97. The average Bonchev–Trinajstić information content (AvgIpc) is 2.54. The van der Waals surface area contributed by atoms with Gasteiger partial charge in [-0.3, -0.25) is 0 Å². The quantitative estimate of drug-likeness (QED) is 0.528. The van der Waals surface area contributed by atoms with Crippen LogP contribution in [0.2, 0.25) is 6.55 Å². The molecule has 3 aromatic carbocycles. The monoisotopic (exact) mass is 309 g/mol. The third-order valence-corrected chi connectivity index (χ3v) is 7.03. The molecule has 0 N–H and O–H groups in total. The maximum atomic E-state index is 15.8. The Balaban J connectivity index is 2.31. The van der Waals surface area contributed by atoms with Gasteiger partial charge in [0.25, 0.3) is 0 Å². The number of nitrogens with zero attached hydrogens (tertiary/aromatic N) is 1. The molecule has 0 fully saturated rings. The third-order valence-electron chi connectivity index (χ3n) is 4.19. The average molecular weight is 309 g/mol. The van der Waals surface area contributed by atoms with Crippen molar-refractivity contribution in [1.29, 1.82) is 0 Å². The van der Waals surface area contributed by atoms with Gasteiger partial charge < -0.3 is 9.01 Å². The standard InChI is InChI=1S/C19H20FNSi/c1-21(2)17-13-7-9-15-10-8-14-18(19(15)17)22(3,20)16-11-5-4-6-12-16/h4-14H,1-3H3/t22-/m1/s1. The first-order valence-corrected chi connectivity index (χ1v) is 9.83. The van der Waals surface area contributed by atoms with Crippen molar-refractivity contribution >= 4 is 35.2 Å². The molecule has 112 valence electrons. The molecule has 0 aromatic heterocycles. The van der Waals surface area contributed by atoms with E-state index in [9.17, 15) is 0 Å². The summed E-state index contributed by atoms with van der Waals surface area (Å²) >= 11 is 0. The largest absolute Gasteiger partial charge is 0.377 e. The first kappa shape index (κ1) is 14.8. The molecule has 1 atom stereocenters. The molecule has 3 aromatic rings. The van der Waals surface area contributed by atoms with Gasteiger partial charge >= 0.3 is 8.41 Å². The molecule has 3 heteroatoms. The molecule has 0 aliphatic heterocycles. The molecule has 22 heavy (non-hydrogen) atoms. The van der Waals surface area contributed by atoms with Gasteiger partial charge in [0.2, 0.25) is 0 Å². The van der Waals surface area contributed by atoms with Crippen molar-refractivity contribution in [3.05, 3.63) is 66.7 Å². The summed E-state index contributed by atoms with van der Waals surface area (Å²) in [6.07, 6.45) is 0. The minimum absolute atomic E-state index is 0.816. The Kier molecular flexibility index (Phi) is 3.75. The molecule has 0 aliphatic rings. The van der Waals surface area contributed by atoms with E-state index >= 15 is 4.11 Å². The van der Waals surface area contributed by atoms with Crippen molar-refractivity contribution in [2.75, 3.05) is 19.0 Å². The van der Waals surface area contributed by atoms with Gasteiger partial charge in [0.1, 0.15) is 0 Å². The Labute approximate surface area is 132 Å². The van der Waals surface area contributed by atoms with Crippen LogP contribution in [0.4, 0.5) is 9.80 Å². The van der Waals surface area contributed by atoms with Crippen LogP contribution in [0.5, 0.6) is 0 Å². The zero-order valence-electron chi connectivity index (χ0n) is 13.2. The van der Waals surface area contributed by atoms with E-state index in [1.807, 2.05) is 62.6 Å². The minimum atomic E-state index is -3.22. The summed E-state index contributed by atoms with van der Waals surface area (Å²) in [6, 6.07) is 21.7. The molecule has 0 saturated heterocycles. The van der Waals surface area contributed by atoms with Crippen LogP contribution in [0, 0.1) is 0 Å². The smallest absolute Gasteiger partial charge is 0.306 e. The van der Waals surface area contributed by atoms with Gasteiger partial charge in [-0.15, -0.1) is 0 Å². The van der Waals surface area contributed by atoms with Crippen LogP contribution in [0.1, 0.15) is 0 Å². The minimum Gasteiger partial charge on any atom is -0.377 e. The highest BCUT2D eigenvalue weighted by Gasteiger charge is 2.35. The molecule has 0 heterocycles. The highest BCUT2D eigenvalue weighted by atomic mass is 28.4. The lowest BCUT2D eigenvalue weighted by molar-refractivity contribution is 0.833. The first-order chi connectivity index (χ1) is 10.5. The summed E-state index contributed by atoms with van der Waals surface area (Å²) in [7, 11) is 0.786. The molecule has 0 aliphatic carbocycles. The lowest BCUT2D eigenvalue weighted by Gasteiger charge is -2.24. The second-order valence-corrected chi connectivity index (χ2v) is 9.07. The van der Waals surface area contributed by atoms with E-state index in [4.69, 9.17) is 0 Å². The van der Waals surface area contributed by atoms with Gasteiger partial charge in [0.15, 0.2) is 0 Å². The fraction of sp³-hybridized carbons (Fsp3) is 0.158. The van der Waals surface area contributed by atoms with Crippen LogP contribution in [0.15, 0.2) is 66.7 Å². The molecule has 0 amide bonds. The van der Waals surface area contributed by atoms with E-state index in [0.29, 0.717) is 0 Å². The second-order valence-electron chi connectivity index (χ2n) is 5.94. The Hall–Kier alpha value is -2.13. The zero-order valence-corrected chi connectivity index (χ0v) is 14.2. The highest BCUT2D eigenvalue weighted by Crippen LogP contribution is 2.26. The summed E-state index contributed by atoms with van der Waals surface area (Å²) in [5.41, 5.74) is 1.07. The Morgan fingerprint density at radius 3 is 2.09 bits per heavy atom. The van der Waals surface area contributed by atoms with Crippen molar-refractivity contribution in [3.8, 4) is 0 Å². The van der Waals surface area contributed by atoms with Crippen LogP contribution >= 0.6 is 0 Å². The summed E-state index contributed by atoms with van der Waals surface area (Å²) in [5, 5.41) is 3.79. The van der Waals surface area contributed by atoms with Crippen molar-refractivity contribution < 1.29 is 4.11 Å². The molecule has 0 radical (unpaired) electrons. The van der Waals surface area contributed by atoms with Crippen molar-refractivity contribution in [1.82, 2.24) is 0 Å². The predicted octanol–water partition coefficient (Wildman–Crippen LogP) is 3.56. The van der Waals surface area contributed by atoms with Crippen LogP contribution in [-0.4, -0.2) is 22.5 Å². The topological polar surface area (TPSA) is 3.24 Å². The van der Waals surface area contributed by atoms with E-state index in [2.05, 4.69) is 23.1 Å². The second kappa shape index (κ2) is 5.58. The number of fused-ring (bicyclic) bond motifs is 1. The van der Waals surface area contributed by atoms with Crippen molar-refractivity contribution in [2.45, 2.75) is 6.55 Å². The number of benzene rings is 3. The van der Waals surface area contributed by atoms with E-state index in [1.54, 1.807) is 6.55 Å². The van der Waals surface area contributed by atoms with Crippen molar-refractivity contribution in [3.63, 3.8) is 0 Å². The third kappa shape index (κ3) is 2.42. The Morgan fingerprint density at radius 2 is 1.45 bits per heavy atom. The maximum absolute atomic E-state index is 15.8. The summed E-state index contributed by atoms with van der Waals surface area (Å²) < 4.78 is 15.8. The van der Waals surface area contributed by atoms with Crippen LogP contribution in [0.3, 0.4) is 0 Å². The fourth-order valence-corrected chi connectivity index (χ4v) is 5.27.